The number of anilines is 4. The van der Waals surface area contributed by atoms with E-state index in [1.54, 1.807) is 36.4 Å². The van der Waals surface area contributed by atoms with Crippen LogP contribution in [0, 0.1) is 0 Å². The average Bonchev–Trinajstić information content (AvgIpc) is 2.46. The fourth-order valence-electron chi connectivity index (χ4n) is 2.36. The van der Waals surface area contributed by atoms with Gasteiger partial charge in [0.1, 0.15) is 0 Å². The van der Waals surface area contributed by atoms with Crippen molar-refractivity contribution in [3.63, 3.8) is 0 Å². The predicted octanol–water partition coefficient (Wildman–Crippen LogP) is 0.732. The minimum Gasteiger partial charge on any atom is -0.399 e. The third-order valence-corrected chi connectivity index (χ3v) is 3.62. The molecule has 0 amide bonds. The summed E-state index contributed by atoms with van der Waals surface area (Å²) in [6.45, 7) is 0.577. The smallest absolute Gasteiger partial charge is 0.0661 e. The van der Waals surface area contributed by atoms with Crippen molar-refractivity contribution < 1.29 is 4.74 Å². The van der Waals surface area contributed by atoms with E-state index in [-0.39, 0.29) is 25.3 Å². The third-order valence-electron chi connectivity index (χ3n) is 3.62. The predicted molar refractivity (Wildman–Crippen MR) is 95.2 cm³/mol. The van der Waals surface area contributed by atoms with Gasteiger partial charge in [-0.15, -0.1) is 0 Å². The van der Waals surface area contributed by atoms with E-state index >= 15 is 0 Å². The van der Waals surface area contributed by atoms with Gasteiger partial charge in [-0.05, 0) is 35.4 Å². The highest BCUT2D eigenvalue weighted by atomic mass is 16.5. The molecule has 0 bridgehead atoms. The Kier molecular flexibility index (Phi) is 5.28. The van der Waals surface area contributed by atoms with Gasteiger partial charge >= 0.3 is 0 Å². The van der Waals surface area contributed by atoms with Gasteiger partial charge in [0, 0.05) is 22.7 Å². The van der Waals surface area contributed by atoms with Crippen molar-refractivity contribution in [1.29, 1.82) is 0 Å². The number of hydrogen-bond donors (Lipinski definition) is 6. The summed E-state index contributed by atoms with van der Waals surface area (Å²) in [6.07, 6.45) is 0. The first kappa shape index (κ1) is 16.9. The van der Waals surface area contributed by atoms with Crippen LogP contribution in [0.4, 0.5) is 22.7 Å². The molecule has 0 radical (unpaired) electrons. The van der Waals surface area contributed by atoms with E-state index in [0.717, 1.165) is 11.1 Å². The van der Waals surface area contributed by atoms with Crippen molar-refractivity contribution in [3.8, 4) is 0 Å². The van der Waals surface area contributed by atoms with Gasteiger partial charge in [0.15, 0.2) is 0 Å². The Hall–Kier alpha value is -2.48. The SMILES string of the molecule is Nc1ccc(C(N)COCC(N)c2ccc(N)cc2N)c(N)c1. The first-order valence-electron chi connectivity index (χ1n) is 7.27. The van der Waals surface area contributed by atoms with E-state index < -0.39 is 0 Å². The van der Waals surface area contributed by atoms with E-state index in [1.807, 2.05) is 0 Å². The Morgan fingerprint density at radius 1 is 0.696 bits per heavy atom. The van der Waals surface area contributed by atoms with Crippen molar-refractivity contribution in [2.24, 2.45) is 11.5 Å². The summed E-state index contributed by atoms with van der Waals surface area (Å²) in [5, 5.41) is 0. The molecule has 0 saturated heterocycles. The molecule has 0 aromatic heterocycles. The lowest BCUT2D eigenvalue weighted by Gasteiger charge is -2.18. The minimum absolute atomic E-state index is 0.288. The average molecular weight is 316 g/mol. The molecule has 12 N–H and O–H groups in total. The maximum Gasteiger partial charge on any atom is 0.0661 e. The van der Waals surface area contributed by atoms with Crippen molar-refractivity contribution in [1.82, 2.24) is 0 Å². The van der Waals surface area contributed by atoms with E-state index in [2.05, 4.69) is 0 Å². The Balaban J connectivity index is 1.91. The highest BCUT2D eigenvalue weighted by molar-refractivity contribution is 5.58. The van der Waals surface area contributed by atoms with E-state index in [1.165, 1.54) is 0 Å². The second-order valence-corrected chi connectivity index (χ2v) is 5.53. The van der Waals surface area contributed by atoms with Crippen LogP contribution in [0.2, 0.25) is 0 Å². The summed E-state index contributed by atoms with van der Waals surface area (Å²) in [5.41, 5.74) is 39.2. The van der Waals surface area contributed by atoms with Gasteiger partial charge in [0.25, 0.3) is 0 Å². The molecule has 23 heavy (non-hydrogen) atoms. The lowest BCUT2D eigenvalue weighted by atomic mass is 10.0. The molecule has 2 rings (SSSR count). The van der Waals surface area contributed by atoms with Crippen LogP contribution in [0.1, 0.15) is 23.2 Å². The number of nitrogens with two attached hydrogens (primary N) is 6. The lowest BCUT2D eigenvalue weighted by Crippen LogP contribution is -2.23. The maximum absolute atomic E-state index is 6.09. The summed E-state index contributed by atoms with van der Waals surface area (Å²) in [7, 11) is 0. The van der Waals surface area contributed by atoms with E-state index in [4.69, 9.17) is 39.1 Å². The quantitative estimate of drug-likeness (QED) is 0.427. The van der Waals surface area contributed by atoms with Crippen LogP contribution in [-0.4, -0.2) is 13.2 Å². The van der Waals surface area contributed by atoms with Crippen LogP contribution >= 0.6 is 0 Å². The Bertz CT molecular complexity index is 618. The highest BCUT2D eigenvalue weighted by Crippen LogP contribution is 2.23. The standard InChI is InChI=1S/C16H24N6O/c17-9-1-3-11(13(19)5-9)15(21)7-23-8-16(22)12-4-2-10(18)6-14(12)20/h1-6,15-16H,7-8,17-22H2. The first-order chi connectivity index (χ1) is 10.9. The molecule has 7 heteroatoms. The van der Waals surface area contributed by atoms with Crippen molar-refractivity contribution in [3.05, 3.63) is 47.5 Å². The zero-order valence-corrected chi connectivity index (χ0v) is 12.9. The monoisotopic (exact) mass is 316 g/mol. The molecular weight excluding hydrogens is 292 g/mol. The summed E-state index contributed by atoms with van der Waals surface area (Å²) >= 11 is 0. The Morgan fingerprint density at radius 3 is 1.43 bits per heavy atom. The number of hydrogen-bond acceptors (Lipinski definition) is 7. The normalized spacial score (nSPS) is 13.7. The van der Waals surface area contributed by atoms with E-state index in [9.17, 15) is 0 Å². The number of rotatable bonds is 6. The number of nitrogen functional groups attached to an aromatic ring is 4. The second kappa shape index (κ2) is 7.19. The van der Waals surface area contributed by atoms with Crippen molar-refractivity contribution in [2.45, 2.75) is 12.1 Å². The first-order valence-corrected chi connectivity index (χ1v) is 7.27. The second-order valence-electron chi connectivity index (χ2n) is 5.53. The Labute approximate surface area is 135 Å². The summed E-state index contributed by atoms with van der Waals surface area (Å²) < 4.78 is 5.61. The molecule has 0 spiro atoms. The third kappa shape index (κ3) is 4.26. The summed E-state index contributed by atoms with van der Waals surface area (Å²) in [4.78, 5) is 0. The Morgan fingerprint density at radius 2 is 1.09 bits per heavy atom. The maximum atomic E-state index is 6.09. The minimum atomic E-state index is -0.355. The fourth-order valence-corrected chi connectivity index (χ4v) is 2.36. The molecule has 0 aliphatic carbocycles. The molecule has 124 valence electrons. The van der Waals surface area contributed by atoms with Gasteiger partial charge in [-0.3, -0.25) is 0 Å². The van der Waals surface area contributed by atoms with Gasteiger partial charge in [-0.2, -0.15) is 0 Å². The molecule has 0 fully saturated rings. The molecular formula is C16H24N6O. The van der Waals surface area contributed by atoms with Crippen LogP contribution in [0.3, 0.4) is 0 Å². The van der Waals surface area contributed by atoms with Gasteiger partial charge in [-0.1, -0.05) is 12.1 Å². The molecule has 2 atom stereocenters. The number of ether oxygens (including phenoxy) is 1. The molecule has 2 unspecified atom stereocenters. The number of benzene rings is 2. The van der Waals surface area contributed by atoms with Crippen molar-refractivity contribution >= 4 is 22.7 Å². The summed E-state index contributed by atoms with van der Waals surface area (Å²) in [5.74, 6) is 0. The van der Waals surface area contributed by atoms with Crippen LogP contribution in [-0.2, 0) is 4.74 Å². The lowest BCUT2D eigenvalue weighted by molar-refractivity contribution is 0.109. The fraction of sp³-hybridized carbons (Fsp3) is 0.250. The van der Waals surface area contributed by atoms with Crippen LogP contribution in [0.15, 0.2) is 36.4 Å². The molecule has 0 aliphatic rings. The van der Waals surface area contributed by atoms with Gasteiger partial charge < -0.3 is 39.1 Å². The van der Waals surface area contributed by atoms with Crippen molar-refractivity contribution in [2.75, 3.05) is 36.1 Å². The highest BCUT2D eigenvalue weighted by Gasteiger charge is 2.13. The van der Waals surface area contributed by atoms with Gasteiger partial charge in [0.05, 0.1) is 25.3 Å². The zero-order valence-electron chi connectivity index (χ0n) is 12.9. The topological polar surface area (TPSA) is 165 Å². The molecule has 0 heterocycles. The van der Waals surface area contributed by atoms with Crippen LogP contribution in [0.5, 0.6) is 0 Å². The largest absolute Gasteiger partial charge is 0.399 e. The molecule has 2 aromatic carbocycles. The van der Waals surface area contributed by atoms with Gasteiger partial charge in [0.2, 0.25) is 0 Å². The van der Waals surface area contributed by atoms with Gasteiger partial charge in [-0.25, -0.2) is 0 Å². The molecule has 0 saturated carbocycles. The van der Waals surface area contributed by atoms with Crippen LogP contribution < -0.4 is 34.4 Å². The van der Waals surface area contributed by atoms with Crippen LogP contribution in [0.25, 0.3) is 0 Å². The van der Waals surface area contributed by atoms with E-state index in [0.29, 0.717) is 22.7 Å². The summed E-state index contributed by atoms with van der Waals surface area (Å²) in [6, 6.07) is 9.76. The molecule has 2 aromatic rings. The molecule has 7 nitrogen and oxygen atoms in total. The zero-order chi connectivity index (χ0) is 17.0. The molecule has 0 aliphatic heterocycles.